The molecule has 0 amide bonds. The number of methoxy groups -OCH3 is 1. The van der Waals surface area contributed by atoms with Gasteiger partial charge >= 0.3 is 5.97 Å². The highest BCUT2D eigenvalue weighted by Gasteiger charge is 2.24. The van der Waals surface area contributed by atoms with Crippen molar-refractivity contribution < 1.29 is 18.6 Å². The second kappa shape index (κ2) is 8.41. The second-order valence-corrected chi connectivity index (χ2v) is 6.84. The summed E-state index contributed by atoms with van der Waals surface area (Å²) < 4.78 is 18.4. The van der Waals surface area contributed by atoms with Crippen LogP contribution in [-0.2, 0) is 13.8 Å². The molecule has 0 aliphatic heterocycles. The highest BCUT2D eigenvalue weighted by molar-refractivity contribution is 7.56. The van der Waals surface area contributed by atoms with Gasteiger partial charge < -0.3 is 13.8 Å². The maximum absolute atomic E-state index is 11.7. The van der Waals surface area contributed by atoms with Crippen LogP contribution >= 0.6 is 8.38 Å². The van der Waals surface area contributed by atoms with Gasteiger partial charge in [-0.3, -0.25) is 0 Å². The molecule has 0 aliphatic carbocycles. The van der Waals surface area contributed by atoms with Crippen LogP contribution in [0.5, 0.6) is 0 Å². The Balaban J connectivity index is 2.12. The summed E-state index contributed by atoms with van der Waals surface area (Å²) in [6.45, 7) is 4.99. The summed E-state index contributed by atoms with van der Waals surface area (Å²) in [6.07, 6.45) is 0. The molecule has 0 atom stereocenters. The normalized spacial score (nSPS) is 11.2. The largest absolute Gasteiger partial charge is 0.465 e. The lowest BCUT2D eigenvalue weighted by Gasteiger charge is -2.17. The molecule has 1 aromatic heterocycles. The van der Waals surface area contributed by atoms with E-state index in [0.29, 0.717) is 18.8 Å². The molecule has 0 bridgehead atoms. The third-order valence-electron chi connectivity index (χ3n) is 3.75. The van der Waals surface area contributed by atoms with Crippen molar-refractivity contribution in [1.29, 1.82) is 0 Å². The van der Waals surface area contributed by atoms with Crippen molar-refractivity contribution in [3.05, 3.63) is 54.1 Å². The van der Waals surface area contributed by atoms with E-state index in [1.165, 1.54) is 7.11 Å². The van der Waals surface area contributed by atoms with Crippen LogP contribution in [0.15, 0.2) is 48.5 Å². The van der Waals surface area contributed by atoms with E-state index >= 15 is 0 Å². The quantitative estimate of drug-likeness (QED) is 0.466. The molecule has 3 rings (SSSR count). The molecule has 0 saturated carbocycles. The van der Waals surface area contributed by atoms with Gasteiger partial charge in [-0.1, -0.05) is 18.2 Å². The molecule has 0 saturated heterocycles. The fourth-order valence-corrected chi connectivity index (χ4v) is 4.11. The van der Waals surface area contributed by atoms with Crippen molar-refractivity contribution in [2.24, 2.45) is 0 Å². The average molecular weight is 372 g/mol. The number of fused-ring (bicyclic) bond motifs is 1. The van der Waals surface area contributed by atoms with Gasteiger partial charge in [-0.25, -0.2) is 9.48 Å². The van der Waals surface area contributed by atoms with E-state index in [-0.39, 0.29) is 5.97 Å². The van der Waals surface area contributed by atoms with Gasteiger partial charge in [0.2, 0.25) is 8.38 Å². The number of ether oxygens (including phenoxy) is 1. The number of nitrogens with zero attached hydrogens (tertiary/aromatic N) is 2. The molecule has 0 spiro atoms. The SMILES string of the molecule is CCOP(OCC)c1c2ccccc2nn1-c1ccc(C(=O)OC)cc1. The summed E-state index contributed by atoms with van der Waals surface area (Å²) in [7, 11) is 0.0895. The molecule has 0 radical (unpaired) electrons. The van der Waals surface area contributed by atoms with E-state index in [0.717, 1.165) is 22.0 Å². The third kappa shape index (κ3) is 3.63. The first kappa shape index (κ1) is 18.5. The van der Waals surface area contributed by atoms with E-state index in [4.69, 9.17) is 18.9 Å². The lowest BCUT2D eigenvalue weighted by Crippen LogP contribution is -2.18. The Hall–Kier alpha value is -2.27. The number of hydrogen-bond acceptors (Lipinski definition) is 5. The molecule has 0 aliphatic rings. The summed E-state index contributed by atoms with van der Waals surface area (Å²) in [5, 5.41) is 5.72. The molecule has 2 aromatic carbocycles. The first-order valence-electron chi connectivity index (χ1n) is 8.42. The molecule has 136 valence electrons. The zero-order valence-electron chi connectivity index (χ0n) is 15.0. The molecule has 0 N–H and O–H groups in total. The van der Waals surface area contributed by atoms with E-state index in [2.05, 4.69) is 0 Å². The molecular formula is C19H21N2O4P. The number of rotatable bonds is 7. The Morgan fingerprint density at radius 2 is 1.69 bits per heavy atom. The van der Waals surface area contributed by atoms with Gasteiger partial charge in [0, 0.05) is 5.39 Å². The predicted octanol–water partition coefficient (Wildman–Crippen LogP) is 3.82. The summed E-state index contributed by atoms with van der Waals surface area (Å²) >= 11 is 0. The number of hydrogen-bond donors (Lipinski definition) is 0. The molecule has 0 fully saturated rings. The Morgan fingerprint density at radius 3 is 2.31 bits per heavy atom. The number of aromatic nitrogens is 2. The number of carbonyl (C=O) groups is 1. The Labute approximate surface area is 153 Å². The van der Waals surface area contributed by atoms with E-state index in [1.54, 1.807) is 12.1 Å². The van der Waals surface area contributed by atoms with Crippen LogP contribution in [0.1, 0.15) is 24.2 Å². The topological polar surface area (TPSA) is 62.6 Å². The van der Waals surface area contributed by atoms with Crippen molar-refractivity contribution in [3.8, 4) is 5.69 Å². The minimum atomic E-state index is -1.28. The van der Waals surface area contributed by atoms with Crippen LogP contribution in [-0.4, -0.2) is 36.1 Å². The minimum absolute atomic E-state index is 0.367. The van der Waals surface area contributed by atoms with Gasteiger partial charge in [0.05, 0.1) is 37.1 Å². The van der Waals surface area contributed by atoms with Crippen molar-refractivity contribution >= 4 is 30.7 Å². The minimum Gasteiger partial charge on any atom is -0.465 e. The van der Waals surface area contributed by atoms with Gasteiger partial charge in [0.25, 0.3) is 0 Å². The molecule has 0 unspecified atom stereocenters. The zero-order valence-corrected chi connectivity index (χ0v) is 15.9. The monoisotopic (exact) mass is 372 g/mol. The zero-order chi connectivity index (χ0) is 18.5. The van der Waals surface area contributed by atoms with Crippen molar-refractivity contribution in [2.45, 2.75) is 13.8 Å². The van der Waals surface area contributed by atoms with E-state index in [9.17, 15) is 4.79 Å². The summed E-state index contributed by atoms with van der Waals surface area (Å²) in [5.74, 6) is -0.367. The highest BCUT2D eigenvalue weighted by atomic mass is 31.2. The van der Waals surface area contributed by atoms with Crippen molar-refractivity contribution in [3.63, 3.8) is 0 Å². The maximum Gasteiger partial charge on any atom is 0.337 e. The van der Waals surface area contributed by atoms with Crippen LogP contribution < -0.4 is 5.44 Å². The van der Waals surface area contributed by atoms with Gasteiger partial charge in [-0.05, 0) is 44.2 Å². The molecule has 26 heavy (non-hydrogen) atoms. The number of carbonyl (C=O) groups excluding carboxylic acids is 1. The number of benzene rings is 2. The molecular weight excluding hydrogens is 351 g/mol. The van der Waals surface area contributed by atoms with Crippen molar-refractivity contribution in [1.82, 2.24) is 9.78 Å². The Kier molecular flexibility index (Phi) is 5.99. The van der Waals surface area contributed by atoms with Crippen LogP contribution in [0.4, 0.5) is 0 Å². The smallest absolute Gasteiger partial charge is 0.337 e. The summed E-state index contributed by atoms with van der Waals surface area (Å²) in [5.41, 5.74) is 3.08. The van der Waals surface area contributed by atoms with Gasteiger partial charge in [0.15, 0.2) is 0 Å². The first-order chi connectivity index (χ1) is 12.7. The second-order valence-electron chi connectivity index (χ2n) is 5.38. The fraction of sp³-hybridized carbons (Fsp3) is 0.263. The molecule has 6 nitrogen and oxygen atoms in total. The van der Waals surface area contributed by atoms with E-state index in [1.807, 2.05) is 54.9 Å². The van der Waals surface area contributed by atoms with Gasteiger partial charge in [-0.15, -0.1) is 0 Å². The maximum atomic E-state index is 11.7. The highest BCUT2D eigenvalue weighted by Crippen LogP contribution is 2.40. The van der Waals surface area contributed by atoms with Gasteiger partial charge in [0.1, 0.15) is 5.44 Å². The van der Waals surface area contributed by atoms with Crippen molar-refractivity contribution in [2.75, 3.05) is 20.3 Å². The summed E-state index contributed by atoms with van der Waals surface area (Å²) in [6, 6.07) is 15.0. The average Bonchev–Trinajstić information content (AvgIpc) is 3.06. The lowest BCUT2D eigenvalue weighted by atomic mass is 10.2. The number of esters is 1. The molecule has 3 aromatic rings. The Morgan fingerprint density at radius 1 is 1.04 bits per heavy atom. The molecule has 7 heteroatoms. The Bertz CT molecular complexity index is 886. The first-order valence-corrected chi connectivity index (χ1v) is 9.59. The fourth-order valence-electron chi connectivity index (χ4n) is 2.63. The van der Waals surface area contributed by atoms with Crippen LogP contribution in [0.3, 0.4) is 0 Å². The predicted molar refractivity (Wildman–Crippen MR) is 102 cm³/mol. The third-order valence-corrected chi connectivity index (χ3v) is 5.51. The lowest BCUT2D eigenvalue weighted by molar-refractivity contribution is 0.0600. The summed E-state index contributed by atoms with van der Waals surface area (Å²) in [4.78, 5) is 11.7. The van der Waals surface area contributed by atoms with Gasteiger partial charge in [-0.2, -0.15) is 5.10 Å². The van der Waals surface area contributed by atoms with Crippen LogP contribution in [0.2, 0.25) is 0 Å². The van der Waals surface area contributed by atoms with Crippen LogP contribution in [0, 0.1) is 0 Å². The van der Waals surface area contributed by atoms with Crippen LogP contribution in [0.25, 0.3) is 16.6 Å². The van der Waals surface area contributed by atoms with E-state index < -0.39 is 8.38 Å². The molecule has 1 heterocycles. The standard InChI is InChI=1S/C19H21N2O4P/c1-4-24-26(25-5-2)18-16-8-6-7-9-17(16)20-21(18)15-12-10-14(11-13-15)19(22)23-3/h6-13H,4-5H2,1-3H3.